The van der Waals surface area contributed by atoms with Gasteiger partial charge in [-0.15, -0.1) is 0 Å². The SMILES string of the molecule is C=C(CCO)NC(N)=O. The van der Waals surface area contributed by atoms with Gasteiger partial charge in [-0.1, -0.05) is 6.58 Å². The van der Waals surface area contributed by atoms with Crippen LogP contribution in [0.3, 0.4) is 0 Å². The van der Waals surface area contributed by atoms with Crippen molar-refractivity contribution in [1.29, 1.82) is 0 Å². The molecular formula is C5H10N2O2. The molecule has 4 nitrogen and oxygen atoms in total. The molecule has 4 N–H and O–H groups in total. The van der Waals surface area contributed by atoms with Crippen molar-refractivity contribution in [2.75, 3.05) is 6.61 Å². The second-order valence-corrected chi connectivity index (χ2v) is 1.57. The molecular weight excluding hydrogens is 120 g/mol. The molecule has 0 saturated carbocycles. The fourth-order valence-electron chi connectivity index (χ4n) is 0.372. The van der Waals surface area contributed by atoms with Crippen LogP contribution in [0.4, 0.5) is 4.79 Å². The first kappa shape index (κ1) is 7.97. The summed E-state index contributed by atoms with van der Waals surface area (Å²) < 4.78 is 0. The van der Waals surface area contributed by atoms with Crippen molar-refractivity contribution in [1.82, 2.24) is 5.32 Å². The standard InChI is InChI=1S/C5H10N2O2/c1-4(2-3-8)7-5(6)9/h8H,1-3H2,(H3,6,7,9). The fourth-order valence-corrected chi connectivity index (χ4v) is 0.372. The van der Waals surface area contributed by atoms with Crippen molar-refractivity contribution in [3.63, 3.8) is 0 Å². The molecule has 0 unspecified atom stereocenters. The number of nitrogens with two attached hydrogens (primary N) is 1. The zero-order valence-electron chi connectivity index (χ0n) is 5.05. The third kappa shape index (κ3) is 4.83. The van der Waals surface area contributed by atoms with E-state index in [4.69, 9.17) is 10.8 Å². The maximum atomic E-state index is 10.1. The van der Waals surface area contributed by atoms with Crippen molar-refractivity contribution < 1.29 is 9.90 Å². The number of aliphatic hydroxyl groups excluding tert-OH is 1. The third-order valence-corrected chi connectivity index (χ3v) is 0.714. The zero-order valence-corrected chi connectivity index (χ0v) is 5.05. The van der Waals surface area contributed by atoms with Gasteiger partial charge in [-0.05, 0) is 0 Å². The van der Waals surface area contributed by atoms with Crippen LogP contribution in [0.2, 0.25) is 0 Å². The number of aliphatic hydroxyl groups is 1. The van der Waals surface area contributed by atoms with Crippen LogP contribution in [0.15, 0.2) is 12.3 Å². The summed E-state index contributed by atoms with van der Waals surface area (Å²) in [5, 5.41) is 10.5. The van der Waals surface area contributed by atoms with Gasteiger partial charge in [0, 0.05) is 18.7 Å². The highest BCUT2D eigenvalue weighted by molar-refractivity contribution is 5.73. The van der Waals surface area contributed by atoms with Gasteiger partial charge in [0.15, 0.2) is 0 Å². The summed E-state index contributed by atoms with van der Waals surface area (Å²) in [7, 11) is 0. The van der Waals surface area contributed by atoms with Crippen LogP contribution in [0.25, 0.3) is 0 Å². The molecule has 0 spiro atoms. The monoisotopic (exact) mass is 130 g/mol. The summed E-state index contributed by atoms with van der Waals surface area (Å²) in [6.07, 6.45) is 0.350. The molecule has 0 bridgehead atoms. The van der Waals surface area contributed by atoms with Crippen LogP contribution in [0.1, 0.15) is 6.42 Å². The van der Waals surface area contributed by atoms with E-state index in [0.717, 1.165) is 0 Å². The van der Waals surface area contributed by atoms with Crippen LogP contribution in [0, 0.1) is 0 Å². The molecule has 0 heterocycles. The number of primary amides is 1. The quantitative estimate of drug-likeness (QED) is 0.484. The van der Waals surface area contributed by atoms with Crippen LogP contribution < -0.4 is 11.1 Å². The number of rotatable bonds is 3. The minimum Gasteiger partial charge on any atom is -0.396 e. The van der Waals surface area contributed by atoms with Crippen molar-refractivity contribution in [2.45, 2.75) is 6.42 Å². The lowest BCUT2D eigenvalue weighted by atomic mass is 10.4. The van der Waals surface area contributed by atoms with Gasteiger partial charge in [0.1, 0.15) is 0 Å². The van der Waals surface area contributed by atoms with Crippen LogP contribution in [0.5, 0.6) is 0 Å². The topological polar surface area (TPSA) is 75.3 Å². The smallest absolute Gasteiger partial charge is 0.316 e. The molecule has 0 aliphatic carbocycles. The Kier molecular flexibility index (Phi) is 3.46. The molecule has 52 valence electrons. The molecule has 0 aromatic rings. The molecule has 0 atom stereocenters. The van der Waals surface area contributed by atoms with E-state index >= 15 is 0 Å². The molecule has 0 aromatic carbocycles. The molecule has 0 aliphatic heterocycles. The molecule has 0 aliphatic rings. The van der Waals surface area contributed by atoms with E-state index in [0.29, 0.717) is 12.1 Å². The highest BCUT2D eigenvalue weighted by Crippen LogP contribution is 1.88. The number of amides is 2. The number of urea groups is 1. The Morgan fingerprint density at radius 1 is 1.78 bits per heavy atom. The van der Waals surface area contributed by atoms with Crippen LogP contribution >= 0.6 is 0 Å². The van der Waals surface area contributed by atoms with Crippen molar-refractivity contribution >= 4 is 6.03 Å². The fraction of sp³-hybridized carbons (Fsp3) is 0.400. The van der Waals surface area contributed by atoms with E-state index in [1.54, 1.807) is 0 Å². The predicted octanol–water partition coefficient (Wildman–Crippen LogP) is -0.449. The summed E-state index contributed by atoms with van der Waals surface area (Å²) in [5.74, 6) is 0. The Labute approximate surface area is 53.4 Å². The van der Waals surface area contributed by atoms with E-state index in [1.807, 2.05) is 0 Å². The third-order valence-electron chi connectivity index (χ3n) is 0.714. The number of carbonyl (C=O) groups is 1. The van der Waals surface area contributed by atoms with E-state index in [2.05, 4.69) is 11.9 Å². The molecule has 0 aromatic heterocycles. The van der Waals surface area contributed by atoms with Gasteiger partial charge < -0.3 is 16.2 Å². The van der Waals surface area contributed by atoms with Crippen molar-refractivity contribution in [2.24, 2.45) is 5.73 Å². The molecule has 9 heavy (non-hydrogen) atoms. The van der Waals surface area contributed by atoms with E-state index in [9.17, 15) is 4.79 Å². The van der Waals surface area contributed by atoms with Gasteiger partial charge in [0.25, 0.3) is 0 Å². The molecule has 0 radical (unpaired) electrons. The summed E-state index contributed by atoms with van der Waals surface area (Å²) in [5.41, 5.74) is 5.17. The molecule has 4 heteroatoms. The Morgan fingerprint density at radius 2 is 2.33 bits per heavy atom. The van der Waals surface area contributed by atoms with E-state index in [-0.39, 0.29) is 6.61 Å². The summed E-state index contributed by atoms with van der Waals surface area (Å²) in [6, 6.07) is -0.645. The second kappa shape index (κ2) is 3.91. The van der Waals surface area contributed by atoms with Gasteiger partial charge >= 0.3 is 6.03 Å². The Balaban J connectivity index is 3.39. The first-order valence-corrected chi connectivity index (χ1v) is 2.52. The molecule has 0 fully saturated rings. The van der Waals surface area contributed by atoms with Crippen LogP contribution in [-0.4, -0.2) is 17.7 Å². The first-order chi connectivity index (χ1) is 4.16. The van der Waals surface area contributed by atoms with Gasteiger partial charge in [0.2, 0.25) is 0 Å². The van der Waals surface area contributed by atoms with E-state index < -0.39 is 6.03 Å². The summed E-state index contributed by atoms with van der Waals surface area (Å²) in [6.45, 7) is 3.38. The van der Waals surface area contributed by atoms with Crippen molar-refractivity contribution in [3.05, 3.63) is 12.3 Å². The molecule has 0 saturated heterocycles. The molecule has 0 rings (SSSR count). The Bertz CT molecular complexity index is 122. The maximum Gasteiger partial charge on any atom is 0.316 e. The van der Waals surface area contributed by atoms with Crippen LogP contribution in [-0.2, 0) is 0 Å². The minimum atomic E-state index is -0.645. The van der Waals surface area contributed by atoms with E-state index in [1.165, 1.54) is 0 Å². The van der Waals surface area contributed by atoms with Gasteiger partial charge in [-0.25, -0.2) is 4.79 Å². The highest BCUT2D eigenvalue weighted by atomic mass is 16.3. The average Bonchev–Trinajstić information content (AvgIpc) is 1.63. The summed E-state index contributed by atoms with van der Waals surface area (Å²) in [4.78, 5) is 10.1. The van der Waals surface area contributed by atoms with Gasteiger partial charge in [-0.2, -0.15) is 0 Å². The van der Waals surface area contributed by atoms with Crippen molar-refractivity contribution in [3.8, 4) is 0 Å². The van der Waals surface area contributed by atoms with Gasteiger partial charge in [-0.3, -0.25) is 0 Å². The lowest BCUT2D eigenvalue weighted by Crippen LogP contribution is -2.28. The number of carbonyl (C=O) groups excluding carboxylic acids is 1. The number of nitrogens with one attached hydrogen (secondary N) is 1. The Hall–Kier alpha value is -1.03. The normalized spacial score (nSPS) is 8.56. The largest absolute Gasteiger partial charge is 0.396 e. The summed E-state index contributed by atoms with van der Waals surface area (Å²) >= 11 is 0. The Morgan fingerprint density at radius 3 is 2.67 bits per heavy atom. The molecule has 2 amide bonds. The first-order valence-electron chi connectivity index (χ1n) is 2.52. The predicted molar refractivity (Wildman–Crippen MR) is 33.6 cm³/mol. The number of hydrogen-bond acceptors (Lipinski definition) is 2. The lowest BCUT2D eigenvalue weighted by Gasteiger charge is -2.01. The number of hydrogen-bond donors (Lipinski definition) is 3. The lowest BCUT2D eigenvalue weighted by molar-refractivity contribution is 0.249. The highest BCUT2D eigenvalue weighted by Gasteiger charge is 1.93. The average molecular weight is 130 g/mol. The van der Waals surface area contributed by atoms with Gasteiger partial charge in [0.05, 0.1) is 0 Å². The zero-order chi connectivity index (χ0) is 7.28. The second-order valence-electron chi connectivity index (χ2n) is 1.57. The maximum absolute atomic E-state index is 10.1. The minimum absolute atomic E-state index is 0.0287.